The van der Waals surface area contributed by atoms with Crippen LogP contribution >= 0.6 is 23.1 Å². The van der Waals surface area contributed by atoms with Crippen LogP contribution < -0.4 is 9.47 Å². The number of thiazole rings is 1. The van der Waals surface area contributed by atoms with Crippen molar-refractivity contribution in [2.75, 3.05) is 6.79 Å². The van der Waals surface area contributed by atoms with E-state index in [0.29, 0.717) is 23.2 Å². The Bertz CT molecular complexity index is 758. The summed E-state index contributed by atoms with van der Waals surface area (Å²) in [7, 11) is 0. The molecule has 0 bridgehead atoms. The Morgan fingerprint density at radius 2 is 2.19 bits per heavy atom. The van der Waals surface area contributed by atoms with Crippen molar-refractivity contribution < 1.29 is 14.0 Å². The van der Waals surface area contributed by atoms with E-state index in [1.165, 1.54) is 0 Å². The molecular weight excluding hydrogens is 310 g/mol. The number of hydrogen-bond donors (Lipinski definition) is 0. The molecule has 8 heteroatoms. The van der Waals surface area contributed by atoms with Gasteiger partial charge in [0.15, 0.2) is 11.5 Å². The molecule has 2 aromatic heterocycles. The van der Waals surface area contributed by atoms with E-state index in [2.05, 4.69) is 15.1 Å². The third kappa shape index (κ3) is 2.59. The SMILES string of the molecule is c1csc(SCc2nc(-c3ccc4c(c3)OCO4)no2)n1. The van der Waals surface area contributed by atoms with Crippen LogP contribution in [0.1, 0.15) is 5.89 Å². The first-order valence-corrected chi connectivity index (χ1v) is 8.00. The Morgan fingerprint density at radius 3 is 3.10 bits per heavy atom. The van der Waals surface area contributed by atoms with Crippen molar-refractivity contribution in [2.24, 2.45) is 0 Å². The number of thioether (sulfide) groups is 1. The van der Waals surface area contributed by atoms with E-state index < -0.39 is 0 Å². The Morgan fingerprint density at radius 1 is 1.24 bits per heavy atom. The molecule has 0 saturated heterocycles. The van der Waals surface area contributed by atoms with E-state index in [1.54, 1.807) is 29.3 Å². The number of hydrogen-bond acceptors (Lipinski definition) is 8. The predicted octanol–water partition coefficient (Wildman–Crippen LogP) is 3.21. The largest absolute Gasteiger partial charge is 0.454 e. The number of fused-ring (bicyclic) bond motifs is 1. The third-order valence-electron chi connectivity index (χ3n) is 2.83. The van der Waals surface area contributed by atoms with Gasteiger partial charge in [0.25, 0.3) is 0 Å². The fourth-order valence-corrected chi connectivity index (χ4v) is 3.35. The molecular formula is C13H9N3O3S2. The zero-order valence-electron chi connectivity index (χ0n) is 10.7. The summed E-state index contributed by atoms with van der Waals surface area (Å²) in [6.45, 7) is 0.251. The lowest BCUT2D eigenvalue weighted by molar-refractivity contribution is 0.174. The van der Waals surface area contributed by atoms with Gasteiger partial charge in [-0.05, 0) is 18.2 Å². The lowest BCUT2D eigenvalue weighted by Gasteiger charge is -1.97. The maximum atomic E-state index is 5.34. The van der Waals surface area contributed by atoms with Crippen LogP contribution in [-0.4, -0.2) is 21.9 Å². The van der Waals surface area contributed by atoms with Gasteiger partial charge >= 0.3 is 0 Å². The maximum absolute atomic E-state index is 5.34. The van der Waals surface area contributed by atoms with Crippen LogP contribution in [0.3, 0.4) is 0 Å². The summed E-state index contributed by atoms with van der Waals surface area (Å²) in [5.74, 6) is 3.16. The zero-order valence-corrected chi connectivity index (χ0v) is 12.3. The van der Waals surface area contributed by atoms with E-state index in [1.807, 2.05) is 23.6 Å². The number of ether oxygens (including phenoxy) is 2. The summed E-state index contributed by atoms with van der Waals surface area (Å²) in [6.07, 6.45) is 1.78. The second kappa shape index (κ2) is 5.38. The van der Waals surface area contributed by atoms with Crippen LogP contribution in [0.2, 0.25) is 0 Å². The first kappa shape index (κ1) is 12.7. The monoisotopic (exact) mass is 319 g/mol. The number of nitrogens with zero attached hydrogens (tertiary/aromatic N) is 3. The average Bonchev–Trinajstić information content (AvgIpc) is 3.25. The summed E-state index contributed by atoms with van der Waals surface area (Å²) >= 11 is 3.17. The van der Waals surface area contributed by atoms with Crippen molar-refractivity contribution in [2.45, 2.75) is 10.1 Å². The molecule has 21 heavy (non-hydrogen) atoms. The molecule has 0 atom stereocenters. The van der Waals surface area contributed by atoms with Gasteiger partial charge in [0, 0.05) is 17.1 Å². The number of rotatable bonds is 4. The minimum atomic E-state index is 0.251. The average molecular weight is 319 g/mol. The Hall–Kier alpha value is -2.06. The van der Waals surface area contributed by atoms with E-state index in [9.17, 15) is 0 Å². The molecule has 0 amide bonds. The fourth-order valence-electron chi connectivity index (χ4n) is 1.87. The lowest BCUT2D eigenvalue weighted by atomic mass is 10.2. The Labute approximate surface area is 128 Å². The molecule has 4 rings (SSSR count). The van der Waals surface area contributed by atoms with Crippen molar-refractivity contribution in [1.29, 1.82) is 0 Å². The van der Waals surface area contributed by atoms with Crippen molar-refractivity contribution in [3.05, 3.63) is 35.7 Å². The highest BCUT2D eigenvalue weighted by molar-refractivity contribution is 8.00. The topological polar surface area (TPSA) is 70.3 Å². The summed E-state index contributed by atoms with van der Waals surface area (Å²) in [5.41, 5.74) is 0.841. The molecule has 0 radical (unpaired) electrons. The normalized spacial score (nSPS) is 12.8. The quantitative estimate of drug-likeness (QED) is 0.684. The van der Waals surface area contributed by atoms with Gasteiger partial charge in [-0.2, -0.15) is 4.98 Å². The highest BCUT2D eigenvalue weighted by Gasteiger charge is 2.16. The van der Waals surface area contributed by atoms with E-state index in [-0.39, 0.29) is 6.79 Å². The van der Waals surface area contributed by atoms with Crippen molar-refractivity contribution in [3.63, 3.8) is 0 Å². The van der Waals surface area contributed by atoms with Gasteiger partial charge < -0.3 is 14.0 Å². The number of aromatic nitrogens is 3. The molecule has 1 aliphatic heterocycles. The summed E-state index contributed by atoms with van der Waals surface area (Å²) in [5, 5.41) is 5.94. The molecule has 3 heterocycles. The predicted molar refractivity (Wildman–Crippen MR) is 77.5 cm³/mol. The molecule has 0 saturated carbocycles. The smallest absolute Gasteiger partial charge is 0.237 e. The molecule has 106 valence electrons. The lowest BCUT2D eigenvalue weighted by Crippen LogP contribution is -1.92. The van der Waals surface area contributed by atoms with Crippen LogP contribution in [0.5, 0.6) is 11.5 Å². The standard InChI is InChI=1S/C13H9N3O3S2/c1-2-9-10(18-7-17-9)5-8(1)12-15-11(19-16-12)6-21-13-14-3-4-20-13/h1-5H,6-7H2. The van der Waals surface area contributed by atoms with Crippen molar-refractivity contribution >= 4 is 23.1 Å². The molecule has 1 aliphatic rings. The third-order valence-corrected chi connectivity index (χ3v) is 4.78. The minimum Gasteiger partial charge on any atom is -0.454 e. The molecule has 0 fully saturated rings. The summed E-state index contributed by atoms with van der Waals surface area (Å²) in [4.78, 5) is 8.58. The highest BCUT2D eigenvalue weighted by Crippen LogP contribution is 2.35. The van der Waals surface area contributed by atoms with Gasteiger partial charge in [-0.3, -0.25) is 0 Å². The van der Waals surface area contributed by atoms with Crippen LogP contribution in [0.15, 0.2) is 38.6 Å². The summed E-state index contributed by atoms with van der Waals surface area (Å²) in [6, 6.07) is 5.58. The highest BCUT2D eigenvalue weighted by atomic mass is 32.2. The zero-order chi connectivity index (χ0) is 14.1. The molecule has 3 aromatic rings. The molecule has 1 aromatic carbocycles. The van der Waals surface area contributed by atoms with Crippen LogP contribution in [0.4, 0.5) is 0 Å². The van der Waals surface area contributed by atoms with Crippen LogP contribution in [-0.2, 0) is 5.75 Å². The minimum absolute atomic E-state index is 0.251. The van der Waals surface area contributed by atoms with Gasteiger partial charge in [0.05, 0.1) is 5.75 Å². The second-order valence-electron chi connectivity index (χ2n) is 4.17. The van der Waals surface area contributed by atoms with E-state index in [0.717, 1.165) is 15.7 Å². The summed E-state index contributed by atoms with van der Waals surface area (Å²) < 4.78 is 16.9. The Balaban J connectivity index is 1.51. The van der Waals surface area contributed by atoms with Gasteiger partial charge in [-0.25, -0.2) is 4.98 Å². The molecule has 0 unspecified atom stereocenters. The Kier molecular flexibility index (Phi) is 3.24. The molecule has 0 N–H and O–H groups in total. The first-order valence-electron chi connectivity index (χ1n) is 6.13. The van der Waals surface area contributed by atoms with Gasteiger partial charge in [-0.15, -0.1) is 11.3 Å². The van der Waals surface area contributed by atoms with Gasteiger partial charge in [0.1, 0.15) is 4.34 Å². The number of benzene rings is 1. The molecule has 0 spiro atoms. The van der Waals surface area contributed by atoms with Gasteiger partial charge in [0.2, 0.25) is 18.5 Å². The first-order chi connectivity index (χ1) is 10.4. The molecule has 6 nitrogen and oxygen atoms in total. The van der Waals surface area contributed by atoms with Crippen molar-refractivity contribution in [3.8, 4) is 22.9 Å². The van der Waals surface area contributed by atoms with Crippen molar-refractivity contribution in [1.82, 2.24) is 15.1 Å². The molecule has 0 aliphatic carbocycles. The van der Waals surface area contributed by atoms with E-state index in [4.69, 9.17) is 14.0 Å². The maximum Gasteiger partial charge on any atom is 0.237 e. The van der Waals surface area contributed by atoms with E-state index >= 15 is 0 Å². The van der Waals surface area contributed by atoms with Gasteiger partial charge in [-0.1, -0.05) is 16.9 Å². The fraction of sp³-hybridized carbons (Fsp3) is 0.154. The van der Waals surface area contributed by atoms with Crippen LogP contribution in [0, 0.1) is 0 Å². The van der Waals surface area contributed by atoms with Crippen LogP contribution in [0.25, 0.3) is 11.4 Å². The second-order valence-corrected chi connectivity index (χ2v) is 6.28.